The summed E-state index contributed by atoms with van der Waals surface area (Å²) in [5, 5.41) is 4.86. The minimum absolute atomic E-state index is 0.0455. The van der Waals surface area contributed by atoms with Crippen molar-refractivity contribution < 1.29 is 9.59 Å². The highest BCUT2D eigenvalue weighted by Gasteiger charge is 2.27. The maximum Gasteiger partial charge on any atom is 0.235 e. The predicted molar refractivity (Wildman–Crippen MR) is 116 cm³/mol. The number of amides is 1. The van der Waals surface area contributed by atoms with Crippen LogP contribution in [0.25, 0.3) is 20.8 Å². The van der Waals surface area contributed by atoms with Crippen LogP contribution in [0.2, 0.25) is 0 Å². The van der Waals surface area contributed by atoms with Gasteiger partial charge in [0.05, 0.1) is 16.0 Å². The lowest BCUT2D eigenvalue weighted by atomic mass is 9.88. The molecule has 4 rings (SSSR count). The van der Waals surface area contributed by atoms with Gasteiger partial charge in [0.2, 0.25) is 5.91 Å². The molecule has 0 aliphatic heterocycles. The summed E-state index contributed by atoms with van der Waals surface area (Å²) in [6.45, 7) is 3.76. The number of nitrogens with one attached hydrogen (secondary N) is 1. The normalized spacial score (nSPS) is 16.3. The third-order valence-corrected chi connectivity index (χ3v) is 7.72. The molecule has 0 saturated heterocycles. The number of carbonyl (C=O) groups excluding carboxylic acids is 2. The van der Waals surface area contributed by atoms with Crippen molar-refractivity contribution in [2.75, 3.05) is 11.1 Å². The van der Waals surface area contributed by atoms with Crippen LogP contribution in [-0.4, -0.2) is 21.8 Å². The van der Waals surface area contributed by atoms with Gasteiger partial charge in [-0.25, -0.2) is 4.98 Å². The summed E-state index contributed by atoms with van der Waals surface area (Å²) in [7, 11) is 0. The first-order valence-corrected chi connectivity index (χ1v) is 11.6. The van der Waals surface area contributed by atoms with Crippen molar-refractivity contribution in [2.24, 2.45) is 5.92 Å². The molecule has 2 heterocycles. The van der Waals surface area contributed by atoms with E-state index in [2.05, 4.69) is 18.3 Å². The summed E-state index contributed by atoms with van der Waals surface area (Å²) in [5.41, 5.74) is 3.42. The summed E-state index contributed by atoms with van der Waals surface area (Å²) in [6, 6.07) is 8.13. The van der Waals surface area contributed by atoms with Crippen LogP contribution in [0.5, 0.6) is 0 Å². The van der Waals surface area contributed by atoms with Gasteiger partial charge in [-0.2, -0.15) is 0 Å². The lowest BCUT2D eigenvalue weighted by molar-refractivity contribution is -0.114. The third kappa shape index (κ3) is 3.95. The number of nitrogens with zero attached hydrogens (tertiary/aromatic N) is 1. The number of aromatic nitrogens is 1. The Balaban J connectivity index is 1.74. The van der Waals surface area contributed by atoms with Crippen LogP contribution in [0, 0.1) is 5.92 Å². The van der Waals surface area contributed by atoms with Crippen molar-refractivity contribution in [3.05, 3.63) is 34.7 Å². The van der Waals surface area contributed by atoms with Crippen molar-refractivity contribution in [1.29, 1.82) is 0 Å². The van der Waals surface area contributed by atoms with Gasteiger partial charge in [0, 0.05) is 17.4 Å². The Kier molecular flexibility index (Phi) is 5.34. The summed E-state index contributed by atoms with van der Waals surface area (Å²) in [6.07, 6.45) is 3.24. The Bertz CT molecular complexity index is 989. The number of rotatable bonds is 4. The van der Waals surface area contributed by atoms with Crippen LogP contribution in [0.3, 0.4) is 0 Å². The van der Waals surface area contributed by atoms with Gasteiger partial charge in [-0.15, -0.1) is 22.7 Å². The Morgan fingerprint density at radius 2 is 2.11 bits per heavy atom. The minimum Gasteiger partial charge on any atom is -0.316 e. The Labute approximate surface area is 170 Å². The van der Waals surface area contributed by atoms with Crippen molar-refractivity contribution in [2.45, 2.75) is 33.1 Å². The molecule has 0 radical (unpaired) electrons. The average Bonchev–Trinajstić information content (AvgIpc) is 3.19. The summed E-state index contributed by atoms with van der Waals surface area (Å²) < 4.78 is 1.15. The van der Waals surface area contributed by atoms with Crippen LogP contribution in [-0.2, 0) is 22.4 Å². The number of carbonyl (C=O) groups is 2. The standard InChI is InChI=1S/C20H20N2O2S3/c1-11-7-8-13-16(9-11)27-20(22-17(24)10-25-12(2)23)18(13)19-21-14-5-3-4-6-15(14)26-19/h3-6,11H,7-10H2,1-2H3,(H,22,24). The van der Waals surface area contributed by atoms with Crippen LogP contribution < -0.4 is 5.32 Å². The van der Waals surface area contributed by atoms with Crippen molar-refractivity contribution >= 4 is 60.7 Å². The fraction of sp³-hybridized carbons (Fsp3) is 0.350. The van der Waals surface area contributed by atoms with E-state index in [4.69, 9.17) is 4.98 Å². The van der Waals surface area contributed by atoms with Gasteiger partial charge in [-0.05, 0) is 42.9 Å². The fourth-order valence-electron chi connectivity index (χ4n) is 3.37. The fourth-order valence-corrected chi connectivity index (χ4v) is 6.32. The number of fused-ring (bicyclic) bond motifs is 2. The van der Waals surface area contributed by atoms with E-state index in [1.165, 1.54) is 17.4 Å². The number of hydrogen-bond donors (Lipinski definition) is 1. The molecule has 1 aromatic carbocycles. The number of anilines is 1. The number of thioether (sulfide) groups is 1. The van der Waals surface area contributed by atoms with Crippen molar-refractivity contribution in [3.8, 4) is 10.6 Å². The number of thiophene rings is 1. The molecule has 27 heavy (non-hydrogen) atoms. The topological polar surface area (TPSA) is 59.1 Å². The second-order valence-electron chi connectivity index (χ2n) is 6.87. The largest absolute Gasteiger partial charge is 0.316 e. The van der Waals surface area contributed by atoms with Gasteiger partial charge in [-0.3, -0.25) is 9.59 Å². The zero-order valence-corrected chi connectivity index (χ0v) is 17.7. The molecule has 2 aromatic heterocycles. The molecule has 3 aromatic rings. The first kappa shape index (κ1) is 18.7. The second kappa shape index (κ2) is 7.73. The first-order valence-electron chi connectivity index (χ1n) is 8.95. The molecule has 4 nitrogen and oxygen atoms in total. The highest BCUT2D eigenvalue weighted by molar-refractivity contribution is 8.14. The van der Waals surface area contributed by atoms with E-state index in [-0.39, 0.29) is 16.8 Å². The number of thiazole rings is 1. The lowest BCUT2D eigenvalue weighted by Crippen LogP contribution is -2.14. The highest BCUT2D eigenvalue weighted by Crippen LogP contribution is 2.47. The molecule has 0 bridgehead atoms. The quantitative estimate of drug-likeness (QED) is 0.621. The van der Waals surface area contributed by atoms with Crippen LogP contribution in [0.4, 0.5) is 5.00 Å². The van der Waals surface area contributed by atoms with Gasteiger partial charge in [0.1, 0.15) is 10.0 Å². The van der Waals surface area contributed by atoms with E-state index >= 15 is 0 Å². The Morgan fingerprint density at radius 1 is 1.30 bits per heavy atom. The molecule has 1 aliphatic carbocycles. The smallest absolute Gasteiger partial charge is 0.235 e. The zero-order valence-electron chi connectivity index (χ0n) is 15.2. The first-order chi connectivity index (χ1) is 13.0. The molecule has 7 heteroatoms. The Hall–Kier alpha value is -1.70. The number of para-hydroxylation sites is 1. The van der Waals surface area contributed by atoms with Crippen LogP contribution in [0.15, 0.2) is 24.3 Å². The molecule has 1 N–H and O–H groups in total. The molecule has 0 spiro atoms. The summed E-state index contributed by atoms with van der Waals surface area (Å²) in [4.78, 5) is 29.7. The number of benzene rings is 1. The molecule has 0 saturated carbocycles. The molecule has 140 valence electrons. The molecule has 1 unspecified atom stereocenters. The lowest BCUT2D eigenvalue weighted by Gasteiger charge is -2.18. The van der Waals surface area contributed by atoms with Crippen molar-refractivity contribution in [1.82, 2.24) is 4.98 Å². The molecule has 1 atom stereocenters. The Morgan fingerprint density at radius 3 is 2.89 bits per heavy atom. The van der Waals surface area contributed by atoms with E-state index in [1.807, 2.05) is 18.2 Å². The van der Waals surface area contributed by atoms with E-state index < -0.39 is 0 Å². The molecule has 0 fully saturated rings. The van der Waals surface area contributed by atoms with Gasteiger partial charge in [-0.1, -0.05) is 30.8 Å². The van der Waals surface area contributed by atoms with E-state index in [1.54, 1.807) is 22.7 Å². The maximum absolute atomic E-state index is 12.4. The van der Waals surface area contributed by atoms with E-state index in [0.29, 0.717) is 5.92 Å². The van der Waals surface area contributed by atoms with Crippen LogP contribution >= 0.6 is 34.4 Å². The van der Waals surface area contributed by atoms with E-state index in [9.17, 15) is 9.59 Å². The molecule has 1 amide bonds. The monoisotopic (exact) mass is 416 g/mol. The highest BCUT2D eigenvalue weighted by atomic mass is 32.2. The van der Waals surface area contributed by atoms with E-state index in [0.717, 1.165) is 56.8 Å². The van der Waals surface area contributed by atoms with Gasteiger partial charge in [0.25, 0.3) is 0 Å². The van der Waals surface area contributed by atoms with Crippen molar-refractivity contribution in [3.63, 3.8) is 0 Å². The van der Waals surface area contributed by atoms with Crippen LogP contribution in [0.1, 0.15) is 30.7 Å². The van der Waals surface area contributed by atoms with Gasteiger partial charge < -0.3 is 5.32 Å². The maximum atomic E-state index is 12.4. The second-order valence-corrected chi connectivity index (χ2v) is 10.2. The van der Waals surface area contributed by atoms with Gasteiger partial charge >= 0.3 is 0 Å². The van der Waals surface area contributed by atoms with Gasteiger partial charge in [0.15, 0.2) is 5.12 Å². The average molecular weight is 417 g/mol. The number of hydrogen-bond acceptors (Lipinski definition) is 6. The molecular weight excluding hydrogens is 396 g/mol. The third-order valence-electron chi connectivity index (χ3n) is 4.68. The zero-order chi connectivity index (χ0) is 19.0. The summed E-state index contributed by atoms with van der Waals surface area (Å²) >= 11 is 4.39. The summed E-state index contributed by atoms with van der Waals surface area (Å²) in [5.74, 6) is 0.675. The predicted octanol–water partition coefficient (Wildman–Crippen LogP) is 5.37. The molecular formula is C20H20N2O2S3. The minimum atomic E-state index is -0.135. The SMILES string of the molecule is CC(=O)SCC(=O)Nc1sc2c(c1-c1nc3ccccc3s1)CCC(C)C2. The molecule has 1 aliphatic rings.